The summed E-state index contributed by atoms with van der Waals surface area (Å²) in [6.45, 7) is -1.19. The summed E-state index contributed by atoms with van der Waals surface area (Å²) in [7, 11) is 0. The Bertz CT molecular complexity index is 290. The molecule has 0 bridgehead atoms. The van der Waals surface area contributed by atoms with Gasteiger partial charge in [0.25, 0.3) is 0 Å². The molecule has 66 valence electrons. The summed E-state index contributed by atoms with van der Waals surface area (Å²) in [4.78, 5) is 0. The zero-order chi connectivity index (χ0) is 9.14. The summed E-state index contributed by atoms with van der Waals surface area (Å²) in [5, 5.41) is 0. The molecule has 0 aliphatic heterocycles. The van der Waals surface area contributed by atoms with Gasteiger partial charge in [0, 0.05) is 4.47 Å². The molecule has 0 amide bonds. The van der Waals surface area contributed by atoms with Crippen LogP contribution in [0.1, 0.15) is 0 Å². The van der Waals surface area contributed by atoms with Crippen molar-refractivity contribution in [1.82, 2.24) is 0 Å². The normalized spacial score (nSPS) is 10.0. The van der Waals surface area contributed by atoms with Gasteiger partial charge in [0.1, 0.15) is 0 Å². The van der Waals surface area contributed by atoms with Gasteiger partial charge in [0.15, 0.2) is 11.6 Å². The molecule has 0 unspecified atom stereocenters. The first kappa shape index (κ1) is 9.38. The van der Waals surface area contributed by atoms with Crippen molar-refractivity contribution in [2.24, 2.45) is 0 Å². The second kappa shape index (κ2) is 3.80. The van der Waals surface area contributed by atoms with Gasteiger partial charge in [-0.3, -0.25) is 0 Å². The Balaban J connectivity index is 3.09. The molecule has 0 aromatic heterocycles. The number of benzene rings is 1. The molecule has 0 spiro atoms. The minimum absolute atomic E-state index is 0.296. The first-order valence-corrected chi connectivity index (χ1v) is 3.77. The van der Waals surface area contributed by atoms with Crippen LogP contribution in [0.4, 0.5) is 13.2 Å². The standard InChI is InChI=1S/C7H4BrF3O/c8-4-1-5(10)7(11)6(2-4)12-3-9/h1-2H,3H2. The highest BCUT2D eigenvalue weighted by Crippen LogP contribution is 2.25. The Morgan fingerprint density at radius 2 is 2.00 bits per heavy atom. The van der Waals surface area contributed by atoms with Crippen molar-refractivity contribution in [2.45, 2.75) is 0 Å². The van der Waals surface area contributed by atoms with Gasteiger partial charge in [-0.15, -0.1) is 0 Å². The Morgan fingerprint density at radius 3 is 2.58 bits per heavy atom. The molecule has 12 heavy (non-hydrogen) atoms. The van der Waals surface area contributed by atoms with Crippen LogP contribution in [0.3, 0.4) is 0 Å². The van der Waals surface area contributed by atoms with E-state index in [2.05, 4.69) is 20.7 Å². The summed E-state index contributed by atoms with van der Waals surface area (Å²) in [5.41, 5.74) is 0. The van der Waals surface area contributed by atoms with Crippen molar-refractivity contribution >= 4 is 15.9 Å². The van der Waals surface area contributed by atoms with E-state index < -0.39 is 24.2 Å². The molecule has 5 heteroatoms. The van der Waals surface area contributed by atoms with Gasteiger partial charge in [-0.1, -0.05) is 15.9 Å². The Labute approximate surface area is 75.3 Å². The van der Waals surface area contributed by atoms with Gasteiger partial charge in [-0.05, 0) is 12.1 Å². The van der Waals surface area contributed by atoms with Crippen molar-refractivity contribution < 1.29 is 17.9 Å². The number of halogens is 4. The highest BCUT2D eigenvalue weighted by Gasteiger charge is 2.10. The number of alkyl halides is 1. The van der Waals surface area contributed by atoms with Crippen LogP contribution in [0.2, 0.25) is 0 Å². The maximum absolute atomic E-state index is 12.7. The molecule has 0 aliphatic rings. The van der Waals surface area contributed by atoms with Crippen LogP contribution in [0, 0.1) is 11.6 Å². The Kier molecular flexibility index (Phi) is 2.97. The summed E-state index contributed by atoms with van der Waals surface area (Å²) in [6.07, 6.45) is 0. The van der Waals surface area contributed by atoms with Crippen molar-refractivity contribution in [1.29, 1.82) is 0 Å². The molecule has 0 atom stereocenters. The molecule has 1 nitrogen and oxygen atoms in total. The minimum atomic E-state index is -1.19. The lowest BCUT2D eigenvalue weighted by molar-refractivity contribution is 0.182. The van der Waals surface area contributed by atoms with E-state index in [9.17, 15) is 13.2 Å². The highest BCUT2D eigenvalue weighted by atomic mass is 79.9. The molecule has 1 aromatic carbocycles. The minimum Gasteiger partial charge on any atom is -0.460 e. The van der Waals surface area contributed by atoms with Gasteiger partial charge in [-0.25, -0.2) is 8.78 Å². The van der Waals surface area contributed by atoms with Gasteiger partial charge in [-0.2, -0.15) is 4.39 Å². The Morgan fingerprint density at radius 1 is 1.33 bits per heavy atom. The third kappa shape index (κ3) is 1.91. The lowest BCUT2D eigenvalue weighted by Crippen LogP contribution is -1.95. The maximum atomic E-state index is 12.7. The van der Waals surface area contributed by atoms with E-state index in [0.717, 1.165) is 12.1 Å². The van der Waals surface area contributed by atoms with Crippen molar-refractivity contribution in [3.05, 3.63) is 28.2 Å². The van der Waals surface area contributed by atoms with Gasteiger partial charge < -0.3 is 4.74 Å². The molecule has 0 saturated heterocycles. The summed E-state index contributed by atoms with van der Waals surface area (Å²) >= 11 is 2.91. The van der Waals surface area contributed by atoms with Gasteiger partial charge in [0.2, 0.25) is 12.7 Å². The molecular weight excluding hydrogens is 237 g/mol. The SMILES string of the molecule is FCOc1cc(Br)cc(F)c1F. The van der Waals surface area contributed by atoms with E-state index in [0.29, 0.717) is 4.47 Å². The maximum Gasteiger partial charge on any atom is 0.228 e. The van der Waals surface area contributed by atoms with Crippen LogP contribution >= 0.6 is 15.9 Å². The van der Waals surface area contributed by atoms with E-state index in [1.165, 1.54) is 0 Å². The second-order valence-corrected chi connectivity index (χ2v) is 2.87. The first-order chi connectivity index (χ1) is 5.65. The average molecular weight is 241 g/mol. The van der Waals surface area contributed by atoms with Crippen molar-refractivity contribution in [2.75, 3.05) is 6.86 Å². The van der Waals surface area contributed by atoms with E-state index >= 15 is 0 Å². The number of hydrogen-bond acceptors (Lipinski definition) is 1. The molecule has 0 radical (unpaired) electrons. The third-order valence-corrected chi connectivity index (χ3v) is 1.63. The quantitative estimate of drug-likeness (QED) is 0.723. The highest BCUT2D eigenvalue weighted by molar-refractivity contribution is 9.10. The van der Waals surface area contributed by atoms with E-state index in [1.807, 2.05) is 0 Å². The lowest BCUT2D eigenvalue weighted by atomic mass is 10.3. The van der Waals surface area contributed by atoms with E-state index in [4.69, 9.17) is 0 Å². The van der Waals surface area contributed by atoms with E-state index in [1.54, 1.807) is 0 Å². The van der Waals surface area contributed by atoms with Gasteiger partial charge >= 0.3 is 0 Å². The molecular formula is C7H4BrF3O. The molecule has 0 N–H and O–H groups in total. The van der Waals surface area contributed by atoms with Gasteiger partial charge in [0.05, 0.1) is 0 Å². The largest absolute Gasteiger partial charge is 0.460 e. The summed E-state index contributed by atoms with van der Waals surface area (Å²) in [6, 6.07) is 2.08. The Hall–Kier alpha value is -0.710. The third-order valence-electron chi connectivity index (χ3n) is 1.17. The number of hydrogen-bond donors (Lipinski definition) is 0. The van der Waals surface area contributed by atoms with Crippen LogP contribution in [0.5, 0.6) is 5.75 Å². The fourth-order valence-corrected chi connectivity index (χ4v) is 1.11. The number of rotatable bonds is 2. The zero-order valence-corrected chi connectivity index (χ0v) is 7.37. The molecule has 1 rings (SSSR count). The molecule has 1 aromatic rings. The lowest BCUT2D eigenvalue weighted by Gasteiger charge is -2.03. The summed E-state index contributed by atoms with van der Waals surface area (Å²) in [5.74, 6) is -2.70. The predicted molar refractivity (Wildman–Crippen MR) is 40.7 cm³/mol. The van der Waals surface area contributed by atoms with Crippen molar-refractivity contribution in [3.63, 3.8) is 0 Å². The van der Waals surface area contributed by atoms with Crippen LogP contribution in [-0.2, 0) is 0 Å². The topological polar surface area (TPSA) is 9.23 Å². The predicted octanol–water partition coefficient (Wildman–Crippen LogP) is 3.03. The molecule has 0 fully saturated rings. The van der Waals surface area contributed by atoms with Crippen molar-refractivity contribution in [3.8, 4) is 5.75 Å². The molecule has 0 aliphatic carbocycles. The summed E-state index contributed by atoms with van der Waals surface area (Å²) < 4.78 is 41.3. The fourth-order valence-electron chi connectivity index (χ4n) is 0.696. The molecule has 0 saturated carbocycles. The van der Waals surface area contributed by atoms with Crippen LogP contribution in [-0.4, -0.2) is 6.86 Å². The van der Waals surface area contributed by atoms with Crippen LogP contribution < -0.4 is 4.74 Å². The first-order valence-electron chi connectivity index (χ1n) is 2.98. The van der Waals surface area contributed by atoms with Crippen LogP contribution in [0.25, 0.3) is 0 Å². The average Bonchev–Trinajstić information content (AvgIpc) is 2.00. The van der Waals surface area contributed by atoms with E-state index in [-0.39, 0.29) is 0 Å². The fraction of sp³-hybridized carbons (Fsp3) is 0.143. The second-order valence-electron chi connectivity index (χ2n) is 1.95. The zero-order valence-electron chi connectivity index (χ0n) is 5.78. The smallest absolute Gasteiger partial charge is 0.228 e. The molecule has 0 heterocycles. The number of ether oxygens (including phenoxy) is 1. The van der Waals surface area contributed by atoms with Crippen LogP contribution in [0.15, 0.2) is 16.6 Å². The monoisotopic (exact) mass is 240 g/mol.